The predicted octanol–water partition coefficient (Wildman–Crippen LogP) is 8.58. The fourth-order valence-electron chi connectivity index (χ4n) is 9.25. The van der Waals surface area contributed by atoms with Gasteiger partial charge in [-0.15, -0.1) is 0 Å². The van der Waals surface area contributed by atoms with E-state index in [0.29, 0.717) is 28.6 Å². The zero-order valence-corrected chi connectivity index (χ0v) is 22.1. The molecule has 0 heterocycles. The van der Waals surface area contributed by atoms with Gasteiger partial charge in [-0.2, -0.15) is 0 Å². The Morgan fingerprint density at radius 1 is 1.03 bits per heavy atom. The topological polar surface area (TPSA) is 20.2 Å². The third-order valence-electron chi connectivity index (χ3n) is 11.5. The van der Waals surface area contributed by atoms with Crippen LogP contribution in [0.3, 0.4) is 0 Å². The normalized spacial score (nSPS) is 43.1. The van der Waals surface area contributed by atoms with Crippen LogP contribution in [-0.4, -0.2) is 11.2 Å². The second kappa shape index (κ2) is 9.24. The fraction of sp³-hybridized carbons (Fsp3) is 0.871. The first-order valence-electron chi connectivity index (χ1n) is 14.2. The number of allylic oxidation sites excluding steroid dienone is 3. The van der Waals surface area contributed by atoms with E-state index >= 15 is 0 Å². The second-order valence-electron chi connectivity index (χ2n) is 13.3. The molecule has 4 aliphatic carbocycles. The monoisotopic (exact) mass is 440 g/mol. The van der Waals surface area contributed by atoms with Crippen molar-refractivity contribution in [3.63, 3.8) is 0 Å². The van der Waals surface area contributed by atoms with Gasteiger partial charge in [0.15, 0.2) is 0 Å². The van der Waals surface area contributed by atoms with Gasteiger partial charge in [0.25, 0.3) is 0 Å². The summed E-state index contributed by atoms with van der Waals surface area (Å²) in [5.74, 6) is 5.36. The molecule has 0 aromatic carbocycles. The van der Waals surface area contributed by atoms with Crippen LogP contribution in [0.25, 0.3) is 0 Å². The van der Waals surface area contributed by atoms with Crippen LogP contribution in [0.4, 0.5) is 0 Å². The Morgan fingerprint density at radius 2 is 1.72 bits per heavy atom. The number of hydrogen-bond donors (Lipinski definition) is 1. The van der Waals surface area contributed by atoms with Crippen molar-refractivity contribution in [3.8, 4) is 0 Å². The summed E-state index contributed by atoms with van der Waals surface area (Å²) in [4.78, 5) is 0. The maximum atomic E-state index is 10.3. The minimum absolute atomic E-state index is 0.0488. The standard InChI is InChI=1S/C31H52O/c1-8-23(22(5)20(2)3)10-9-21(4)27-13-14-28-26-12-11-24-19-25(32)15-17-30(24,6)29(26)16-18-31(27,28)7/h12,20-21,23-25,27-29,32H,5,8-11,13-19H2,1-4,6-7H3. The van der Waals surface area contributed by atoms with Crippen molar-refractivity contribution in [1.82, 2.24) is 0 Å². The first kappa shape index (κ1) is 24.6. The van der Waals surface area contributed by atoms with E-state index in [1.54, 1.807) is 0 Å². The average molecular weight is 441 g/mol. The zero-order valence-electron chi connectivity index (χ0n) is 22.1. The van der Waals surface area contributed by atoms with Gasteiger partial charge in [-0.1, -0.05) is 65.3 Å². The van der Waals surface area contributed by atoms with Gasteiger partial charge < -0.3 is 5.11 Å². The molecule has 9 atom stereocenters. The van der Waals surface area contributed by atoms with Gasteiger partial charge in [0.2, 0.25) is 0 Å². The van der Waals surface area contributed by atoms with E-state index in [9.17, 15) is 5.11 Å². The van der Waals surface area contributed by atoms with E-state index in [0.717, 1.165) is 36.5 Å². The van der Waals surface area contributed by atoms with E-state index < -0.39 is 0 Å². The van der Waals surface area contributed by atoms with Crippen LogP contribution in [0.15, 0.2) is 23.8 Å². The number of hydrogen-bond acceptors (Lipinski definition) is 1. The Hall–Kier alpha value is -0.560. The van der Waals surface area contributed by atoms with Gasteiger partial charge in [0.1, 0.15) is 0 Å². The lowest BCUT2D eigenvalue weighted by Crippen LogP contribution is -2.49. The molecule has 1 heteroatoms. The van der Waals surface area contributed by atoms with Crippen LogP contribution in [0.1, 0.15) is 112 Å². The van der Waals surface area contributed by atoms with Crippen molar-refractivity contribution < 1.29 is 5.11 Å². The summed E-state index contributed by atoms with van der Waals surface area (Å²) in [7, 11) is 0. The second-order valence-corrected chi connectivity index (χ2v) is 13.3. The van der Waals surface area contributed by atoms with Gasteiger partial charge in [-0.05, 0) is 123 Å². The van der Waals surface area contributed by atoms with E-state index in [1.807, 2.05) is 5.57 Å². The minimum Gasteiger partial charge on any atom is -0.393 e. The molecule has 0 saturated heterocycles. The molecule has 0 aromatic heterocycles. The summed E-state index contributed by atoms with van der Waals surface area (Å²) < 4.78 is 0. The lowest BCUT2D eigenvalue weighted by Gasteiger charge is -2.57. The zero-order chi connectivity index (χ0) is 23.3. The molecule has 0 aliphatic heterocycles. The Kier molecular flexibility index (Phi) is 7.09. The molecule has 3 fully saturated rings. The first-order chi connectivity index (χ1) is 15.1. The minimum atomic E-state index is -0.0488. The van der Waals surface area contributed by atoms with Crippen LogP contribution in [0, 0.1) is 52.3 Å². The van der Waals surface area contributed by atoms with E-state index in [2.05, 4.69) is 54.2 Å². The summed E-state index contributed by atoms with van der Waals surface area (Å²) >= 11 is 0. The summed E-state index contributed by atoms with van der Waals surface area (Å²) in [6, 6.07) is 0. The van der Waals surface area contributed by atoms with Crippen LogP contribution in [-0.2, 0) is 0 Å². The fourth-order valence-corrected chi connectivity index (χ4v) is 9.25. The average Bonchev–Trinajstić information content (AvgIpc) is 3.11. The lowest BCUT2D eigenvalue weighted by molar-refractivity contribution is -0.0428. The third-order valence-corrected chi connectivity index (χ3v) is 11.5. The number of fused-ring (bicyclic) bond motifs is 5. The SMILES string of the molecule is C=C(C(C)C)C(CC)CCC(C)C1CCC2C3=CCC4CC(O)CCC4(C)C3CCC21C. The first-order valence-corrected chi connectivity index (χ1v) is 14.2. The van der Waals surface area contributed by atoms with Gasteiger partial charge in [-0.25, -0.2) is 0 Å². The van der Waals surface area contributed by atoms with Crippen LogP contribution in [0.5, 0.6) is 0 Å². The molecule has 0 spiro atoms. The van der Waals surface area contributed by atoms with Crippen molar-refractivity contribution in [1.29, 1.82) is 0 Å². The number of aliphatic hydroxyl groups excluding tert-OH is 1. The van der Waals surface area contributed by atoms with Gasteiger partial charge in [0, 0.05) is 0 Å². The van der Waals surface area contributed by atoms with Crippen LogP contribution >= 0.6 is 0 Å². The Morgan fingerprint density at radius 3 is 2.41 bits per heavy atom. The molecule has 0 aromatic rings. The molecule has 4 rings (SSSR count). The van der Waals surface area contributed by atoms with Crippen molar-refractivity contribution in [2.24, 2.45) is 52.3 Å². The summed E-state index contributed by atoms with van der Waals surface area (Å²) in [5, 5.41) is 10.3. The van der Waals surface area contributed by atoms with Gasteiger partial charge >= 0.3 is 0 Å². The van der Waals surface area contributed by atoms with Crippen molar-refractivity contribution in [3.05, 3.63) is 23.8 Å². The molecule has 1 N–H and O–H groups in total. The van der Waals surface area contributed by atoms with E-state index in [4.69, 9.17) is 0 Å². The van der Waals surface area contributed by atoms with Crippen LogP contribution < -0.4 is 0 Å². The summed E-state index contributed by atoms with van der Waals surface area (Å²) in [6.45, 7) is 19.3. The summed E-state index contributed by atoms with van der Waals surface area (Å²) in [6.07, 6.45) is 16.8. The largest absolute Gasteiger partial charge is 0.393 e. The molecule has 3 saturated carbocycles. The highest BCUT2D eigenvalue weighted by Crippen LogP contribution is 2.67. The Bertz CT molecular complexity index is 718. The highest BCUT2D eigenvalue weighted by Gasteiger charge is 2.58. The van der Waals surface area contributed by atoms with Crippen molar-refractivity contribution >= 4 is 0 Å². The molecule has 0 bridgehead atoms. The maximum Gasteiger partial charge on any atom is 0.0543 e. The smallest absolute Gasteiger partial charge is 0.0543 e. The third kappa shape index (κ3) is 4.08. The molecular formula is C31H52O. The molecule has 32 heavy (non-hydrogen) atoms. The predicted molar refractivity (Wildman–Crippen MR) is 137 cm³/mol. The number of rotatable bonds is 7. The molecule has 4 aliphatic rings. The quantitative estimate of drug-likeness (QED) is 0.393. The summed E-state index contributed by atoms with van der Waals surface area (Å²) in [5.41, 5.74) is 4.29. The molecule has 0 radical (unpaired) electrons. The highest BCUT2D eigenvalue weighted by atomic mass is 16.3. The van der Waals surface area contributed by atoms with Crippen LogP contribution in [0.2, 0.25) is 0 Å². The molecule has 0 amide bonds. The van der Waals surface area contributed by atoms with Gasteiger partial charge in [0.05, 0.1) is 6.10 Å². The maximum absolute atomic E-state index is 10.3. The Balaban J connectivity index is 1.46. The highest BCUT2D eigenvalue weighted by molar-refractivity contribution is 5.27. The lowest BCUT2D eigenvalue weighted by atomic mass is 9.47. The van der Waals surface area contributed by atoms with E-state index in [1.165, 1.54) is 63.4 Å². The molecule has 1 nitrogen and oxygen atoms in total. The molecule has 9 unspecified atom stereocenters. The molecule has 182 valence electrons. The van der Waals surface area contributed by atoms with E-state index in [-0.39, 0.29) is 6.10 Å². The van der Waals surface area contributed by atoms with Crippen molar-refractivity contribution in [2.75, 3.05) is 0 Å². The molecular weight excluding hydrogens is 388 g/mol. The van der Waals surface area contributed by atoms with Gasteiger partial charge in [-0.3, -0.25) is 0 Å². The van der Waals surface area contributed by atoms with Crippen molar-refractivity contribution in [2.45, 2.75) is 118 Å². The Labute approximate surface area is 199 Å². The number of aliphatic hydroxyl groups is 1.